The van der Waals surface area contributed by atoms with Gasteiger partial charge in [-0.3, -0.25) is 0 Å². The van der Waals surface area contributed by atoms with Gasteiger partial charge in [-0.2, -0.15) is 4.98 Å². The second-order valence-electron chi connectivity index (χ2n) is 4.97. The first-order valence-corrected chi connectivity index (χ1v) is 7.75. The Hall–Kier alpha value is -1.40. The smallest absolute Gasteiger partial charge is 0.218 e. The van der Waals surface area contributed by atoms with Gasteiger partial charge in [-0.1, -0.05) is 0 Å². The predicted molar refractivity (Wildman–Crippen MR) is 80.6 cm³/mol. The highest BCUT2D eigenvalue weighted by Crippen LogP contribution is 2.17. The number of nitrogens with zero attached hydrogens (tertiary/aromatic N) is 2. The molecular weight excluding hydrogens is 270 g/mol. The second kappa shape index (κ2) is 8.79. The highest BCUT2D eigenvalue weighted by molar-refractivity contribution is 5.38. The van der Waals surface area contributed by atoms with Crippen molar-refractivity contribution in [2.45, 2.75) is 45.8 Å². The Labute approximate surface area is 126 Å². The Morgan fingerprint density at radius 3 is 2.95 bits per heavy atom. The monoisotopic (exact) mass is 295 g/mol. The molecule has 21 heavy (non-hydrogen) atoms. The van der Waals surface area contributed by atoms with Crippen molar-refractivity contribution in [3.05, 3.63) is 11.9 Å². The van der Waals surface area contributed by atoms with Crippen LogP contribution >= 0.6 is 0 Å². The molecule has 1 aliphatic rings. The van der Waals surface area contributed by atoms with Crippen LogP contribution in [0, 0.1) is 0 Å². The third kappa shape index (κ3) is 5.47. The Kier molecular flexibility index (Phi) is 6.69. The van der Waals surface area contributed by atoms with Gasteiger partial charge in [0, 0.05) is 25.8 Å². The summed E-state index contributed by atoms with van der Waals surface area (Å²) in [6.45, 7) is 7.18. The maximum absolute atomic E-state index is 5.78. The topological polar surface area (TPSA) is 65.5 Å². The number of anilines is 1. The summed E-state index contributed by atoms with van der Waals surface area (Å²) in [5.41, 5.74) is 0. The van der Waals surface area contributed by atoms with E-state index in [4.69, 9.17) is 14.2 Å². The third-order valence-electron chi connectivity index (χ3n) is 3.23. The molecule has 1 aromatic rings. The summed E-state index contributed by atoms with van der Waals surface area (Å²) >= 11 is 0. The van der Waals surface area contributed by atoms with Crippen molar-refractivity contribution in [1.29, 1.82) is 0 Å². The van der Waals surface area contributed by atoms with Crippen LogP contribution in [-0.4, -0.2) is 42.4 Å². The predicted octanol–water partition coefficient (Wildman–Crippen LogP) is 2.39. The number of hydrogen-bond acceptors (Lipinski definition) is 6. The molecule has 0 amide bonds. The van der Waals surface area contributed by atoms with Crippen molar-refractivity contribution in [1.82, 2.24) is 9.97 Å². The van der Waals surface area contributed by atoms with Crippen LogP contribution in [-0.2, 0) is 16.1 Å². The first-order valence-electron chi connectivity index (χ1n) is 7.75. The summed E-state index contributed by atoms with van der Waals surface area (Å²) in [4.78, 5) is 8.78. The average molecular weight is 295 g/mol. The molecule has 1 atom stereocenters. The van der Waals surface area contributed by atoms with Gasteiger partial charge in [0.25, 0.3) is 0 Å². The van der Waals surface area contributed by atoms with E-state index < -0.39 is 0 Å². The molecule has 6 nitrogen and oxygen atoms in total. The van der Waals surface area contributed by atoms with E-state index in [1.54, 1.807) is 0 Å². The van der Waals surface area contributed by atoms with Crippen molar-refractivity contribution in [3.63, 3.8) is 0 Å². The maximum Gasteiger partial charge on any atom is 0.218 e. The standard InChI is InChI=1S/C15H25N3O3/c1-3-16-13-9-15(18-14(17-13)11-19-4-2)21-10-12-7-5-6-8-20-12/h9,12H,3-8,10-11H2,1-2H3,(H,16,17,18). The minimum Gasteiger partial charge on any atom is -0.475 e. The fraction of sp³-hybridized carbons (Fsp3) is 0.733. The lowest BCUT2D eigenvalue weighted by molar-refractivity contribution is -0.0120. The van der Waals surface area contributed by atoms with Gasteiger partial charge < -0.3 is 19.5 Å². The van der Waals surface area contributed by atoms with Crippen LogP contribution in [0.4, 0.5) is 5.82 Å². The summed E-state index contributed by atoms with van der Waals surface area (Å²) in [5.74, 6) is 1.97. The zero-order valence-corrected chi connectivity index (χ0v) is 12.9. The molecule has 0 radical (unpaired) electrons. The van der Waals surface area contributed by atoms with Gasteiger partial charge in [0.15, 0.2) is 5.82 Å². The maximum atomic E-state index is 5.78. The molecule has 1 N–H and O–H groups in total. The molecule has 0 saturated carbocycles. The second-order valence-corrected chi connectivity index (χ2v) is 4.97. The lowest BCUT2D eigenvalue weighted by Crippen LogP contribution is -2.26. The molecule has 1 saturated heterocycles. The molecule has 6 heteroatoms. The number of rotatable bonds is 8. The quantitative estimate of drug-likeness (QED) is 0.794. The third-order valence-corrected chi connectivity index (χ3v) is 3.23. The van der Waals surface area contributed by atoms with Crippen LogP contribution in [0.3, 0.4) is 0 Å². The zero-order chi connectivity index (χ0) is 14.9. The first kappa shape index (κ1) is 16.0. The van der Waals surface area contributed by atoms with Gasteiger partial charge in [0.05, 0.1) is 6.10 Å². The Balaban J connectivity index is 1.96. The van der Waals surface area contributed by atoms with Gasteiger partial charge >= 0.3 is 0 Å². The average Bonchev–Trinajstić information content (AvgIpc) is 2.52. The lowest BCUT2D eigenvalue weighted by Gasteiger charge is -2.22. The highest BCUT2D eigenvalue weighted by Gasteiger charge is 2.15. The van der Waals surface area contributed by atoms with Crippen LogP contribution in [0.5, 0.6) is 5.88 Å². The van der Waals surface area contributed by atoms with E-state index >= 15 is 0 Å². The molecule has 118 valence electrons. The Morgan fingerprint density at radius 1 is 1.33 bits per heavy atom. The van der Waals surface area contributed by atoms with Crippen LogP contribution in [0.15, 0.2) is 6.07 Å². The van der Waals surface area contributed by atoms with E-state index in [9.17, 15) is 0 Å². The fourth-order valence-corrected chi connectivity index (χ4v) is 2.19. The summed E-state index contributed by atoms with van der Waals surface area (Å²) in [6.07, 6.45) is 3.58. The molecule has 0 spiro atoms. The van der Waals surface area contributed by atoms with E-state index in [-0.39, 0.29) is 6.10 Å². The van der Waals surface area contributed by atoms with Crippen LogP contribution in [0.25, 0.3) is 0 Å². The molecule has 2 heterocycles. The highest BCUT2D eigenvalue weighted by atomic mass is 16.5. The zero-order valence-electron chi connectivity index (χ0n) is 12.9. The van der Waals surface area contributed by atoms with Gasteiger partial charge in [0.2, 0.25) is 5.88 Å². The molecular formula is C15H25N3O3. The molecule has 2 rings (SSSR count). The lowest BCUT2D eigenvalue weighted by atomic mass is 10.1. The largest absolute Gasteiger partial charge is 0.475 e. The van der Waals surface area contributed by atoms with Crippen LogP contribution in [0.1, 0.15) is 38.9 Å². The van der Waals surface area contributed by atoms with Gasteiger partial charge in [-0.05, 0) is 33.1 Å². The van der Waals surface area contributed by atoms with Crippen molar-refractivity contribution < 1.29 is 14.2 Å². The summed E-state index contributed by atoms with van der Waals surface area (Å²) in [5, 5.41) is 3.18. The molecule has 1 unspecified atom stereocenters. The number of ether oxygens (including phenoxy) is 3. The Bertz CT molecular complexity index is 423. The van der Waals surface area contributed by atoms with Crippen LogP contribution < -0.4 is 10.1 Å². The van der Waals surface area contributed by atoms with Crippen molar-refractivity contribution in [3.8, 4) is 5.88 Å². The van der Waals surface area contributed by atoms with E-state index in [0.29, 0.717) is 31.5 Å². The van der Waals surface area contributed by atoms with Crippen molar-refractivity contribution in [2.24, 2.45) is 0 Å². The molecule has 1 aliphatic heterocycles. The number of nitrogens with one attached hydrogen (secondary N) is 1. The summed E-state index contributed by atoms with van der Waals surface area (Å²) < 4.78 is 16.8. The van der Waals surface area contributed by atoms with E-state index in [1.165, 1.54) is 6.42 Å². The minimum atomic E-state index is 0.173. The molecule has 0 aromatic carbocycles. The van der Waals surface area contributed by atoms with Gasteiger partial charge in [-0.25, -0.2) is 4.98 Å². The van der Waals surface area contributed by atoms with E-state index in [1.807, 2.05) is 19.9 Å². The van der Waals surface area contributed by atoms with Gasteiger partial charge in [0.1, 0.15) is 19.0 Å². The van der Waals surface area contributed by atoms with E-state index in [0.717, 1.165) is 31.8 Å². The normalized spacial score (nSPS) is 18.5. The van der Waals surface area contributed by atoms with Crippen LogP contribution in [0.2, 0.25) is 0 Å². The first-order chi connectivity index (χ1) is 10.3. The number of hydrogen-bond donors (Lipinski definition) is 1. The van der Waals surface area contributed by atoms with Gasteiger partial charge in [-0.15, -0.1) is 0 Å². The molecule has 0 aliphatic carbocycles. The van der Waals surface area contributed by atoms with Crippen molar-refractivity contribution in [2.75, 3.05) is 31.7 Å². The fourth-order valence-electron chi connectivity index (χ4n) is 2.19. The van der Waals surface area contributed by atoms with E-state index in [2.05, 4.69) is 15.3 Å². The molecule has 1 fully saturated rings. The molecule has 1 aromatic heterocycles. The molecule has 0 bridgehead atoms. The number of aromatic nitrogens is 2. The van der Waals surface area contributed by atoms with Crippen molar-refractivity contribution >= 4 is 5.82 Å². The SMILES string of the molecule is CCNc1cc(OCC2CCCCO2)nc(COCC)n1. The minimum absolute atomic E-state index is 0.173. The summed E-state index contributed by atoms with van der Waals surface area (Å²) in [7, 11) is 0. The Morgan fingerprint density at radius 2 is 2.24 bits per heavy atom. The summed E-state index contributed by atoms with van der Waals surface area (Å²) in [6, 6.07) is 1.82.